The summed E-state index contributed by atoms with van der Waals surface area (Å²) in [5, 5.41) is -0.152. The maximum Gasteiger partial charge on any atom is 0.259 e. The van der Waals surface area contributed by atoms with Crippen molar-refractivity contribution in [3.8, 4) is 0 Å². The average Bonchev–Trinajstić information content (AvgIpc) is 2.86. The lowest BCUT2D eigenvalue weighted by molar-refractivity contribution is 0.0989. The molecule has 1 aliphatic heterocycles. The topological polar surface area (TPSA) is 46.3 Å². The summed E-state index contributed by atoms with van der Waals surface area (Å²) >= 11 is 5.88. The van der Waals surface area contributed by atoms with E-state index >= 15 is 0 Å². The second kappa shape index (κ2) is 4.80. The number of hydrogen-bond donors (Lipinski definition) is 1. The van der Waals surface area contributed by atoms with Gasteiger partial charge in [-0.05, 0) is 30.2 Å². The maximum atomic E-state index is 13.5. The molecule has 0 saturated carbocycles. The number of fused-ring (bicyclic) bond motifs is 1. The second-order valence-corrected chi connectivity index (χ2v) is 5.04. The van der Waals surface area contributed by atoms with Crippen LogP contribution in [-0.4, -0.2) is 12.5 Å². The Morgan fingerprint density at radius 1 is 1.25 bits per heavy atom. The molecular formula is C15H12ClFN2O. The van der Waals surface area contributed by atoms with Crippen LogP contribution in [0.1, 0.15) is 15.9 Å². The van der Waals surface area contributed by atoms with Crippen molar-refractivity contribution in [1.82, 2.24) is 0 Å². The highest BCUT2D eigenvalue weighted by atomic mass is 35.5. The highest BCUT2D eigenvalue weighted by Crippen LogP contribution is 2.35. The average molecular weight is 291 g/mol. The van der Waals surface area contributed by atoms with Crippen LogP contribution in [-0.2, 0) is 6.42 Å². The van der Waals surface area contributed by atoms with Crippen molar-refractivity contribution in [1.29, 1.82) is 0 Å². The molecular weight excluding hydrogens is 279 g/mol. The minimum absolute atomic E-state index is 0.152. The van der Waals surface area contributed by atoms with Gasteiger partial charge in [-0.2, -0.15) is 0 Å². The van der Waals surface area contributed by atoms with Crippen LogP contribution in [0.4, 0.5) is 15.8 Å². The molecule has 20 heavy (non-hydrogen) atoms. The molecule has 0 aromatic heterocycles. The molecule has 3 rings (SSSR count). The van der Waals surface area contributed by atoms with E-state index in [1.54, 1.807) is 11.0 Å². The smallest absolute Gasteiger partial charge is 0.259 e. The normalized spacial score (nSPS) is 13.4. The van der Waals surface area contributed by atoms with Gasteiger partial charge < -0.3 is 10.6 Å². The molecule has 0 atom stereocenters. The van der Waals surface area contributed by atoms with Crippen molar-refractivity contribution in [2.75, 3.05) is 17.2 Å². The highest BCUT2D eigenvalue weighted by molar-refractivity contribution is 6.34. The summed E-state index contributed by atoms with van der Waals surface area (Å²) in [6.07, 6.45) is 0.735. The van der Waals surface area contributed by atoms with Crippen molar-refractivity contribution in [2.45, 2.75) is 6.42 Å². The molecule has 0 bridgehead atoms. The van der Waals surface area contributed by atoms with Crippen molar-refractivity contribution < 1.29 is 9.18 Å². The highest BCUT2D eigenvalue weighted by Gasteiger charge is 2.28. The number of amides is 1. The second-order valence-electron chi connectivity index (χ2n) is 4.66. The molecule has 5 heteroatoms. The van der Waals surface area contributed by atoms with Gasteiger partial charge in [0.1, 0.15) is 5.82 Å². The van der Waals surface area contributed by atoms with E-state index in [1.165, 1.54) is 18.2 Å². The number of carbonyl (C=O) groups is 1. The van der Waals surface area contributed by atoms with E-state index in [4.69, 9.17) is 17.3 Å². The molecule has 0 radical (unpaired) electrons. The number of para-hydroxylation sites is 1. The molecule has 3 nitrogen and oxygen atoms in total. The monoisotopic (exact) mass is 290 g/mol. The molecule has 0 saturated heterocycles. The zero-order chi connectivity index (χ0) is 14.3. The fraction of sp³-hybridized carbons (Fsp3) is 0.133. The van der Waals surface area contributed by atoms with Gasteiger partial charge in [-0.1, -0.05) is 29.8 Å². The van der Waals surface area contributed by atoms with Crippen molar-refractivity contribution >= 4 is 28.9 Å². The van der Waals surface area contributed by atoms with Gasteiger partial charge in [-0.25, -0.2) is 4.39 Å². The molecule has 102 valence electrons. The molecule has 0 fully saturated rings. The van der Waals surface area contributed by atoms with E-state index in [9.17, 15) is 9.18 Å². The fourth-order valence-corrected chi connectivity index (χ4v) is 2.71. The molecule has 1 amide bonds. The number of rotatable bonds is 1. The van der Waals surface area contributed by atoms with Gasteiger partial charge >= 0.3 is 0 Å². The van der Waals surface area contributed by atoms with Crippen LogP contribution in [0.25, 0.3) is 0 Å². The lowest BCUT2D eigenvalue weighted by Gasteiger charge is -2.19. The van der Waals surface area contributed by atoms with Gasteiger partial charge in [-0.15, -0.1) is 0 Å². The number of anilines is 2. The molecule has 2 aromatic rings. The number of nitrogen functional groups attached to an aromatic ring is 1. The first kappa shape index (κ1) is 12.9. The Morgan fingerprint density at radius 2 is 2.00 bits per heavy atom. The molecule has 2 N–H and O–H groups in total. The Morgan fingerprint density at radius 3 is 2.80 bits per heavy atom. The number of halogens is 2. The van der Waals surface area contributed by atoms with Crippen LogP contribution in [0.3, 0.4) is 0 Å². The zero-order valence-corrected chi connectivity index (χ0v) is 11.3. The summed E-state index contributed by atoms with van der Waals surface area (Å²) in [7, 11) is 0. The molecule has 1 aliphatic rings. The number of carbonyl (C=O) groups excluding carboxylic acids is 1. The zero-order valence-electron chi connectivity index (χ0n) is 10.6. The summed E-state index contributed by atoms with van der Waals surface area (Å²) in [6, 6.07) is 9.76. The molecule has 0 unspecified atom stereocenters. The van der Waals surface area contributed by atoms with Crippen molar-refractivity contribution in [3.63, 3.8) is 0 Å². The first-order chi connectivity index (χ1) is 9.59. The van der Waals surface area contributed by atoms with E-state index in [1.807, 2.05) is 12.1 Å². The first-order valence-corrected chi connectivity index (χ1v) is 6.60. The van der Waals surface area contributed by atoms with Crippen LogP contribution in [0.2, 0.25) is 5.02 Å². The fourth-order valence-electron chi connectivity index (χ4n) is 2.50. The number of nitrogens with zero attached hydrogens (tertiary/aromatic N) is 1. The Balaban J connectivity index is 2.04. The van der Waals surface area contributed by atoms with Gasteiger partial charge in [0.25, 0.3) is 5.91 Å². The quantitative estimate of drug-likeness (QED) is 0.819. The maximum absolute atomic E-state index is 13.5. The standard InChI is InChI=1S/C15H12ClFN2O/c16-13-10(4-2-5-11(13)17)15(20)19-8-7-9-3-1-6-12(18)14(9)19/h1-6H,7-8,18H2. The van der Waals surface area contributed by atoms with Gasteiger partial charge in [0.05, 0.1) is 22.0 Å². The third-order valence-electron chi connectivity index (χ3n) is 3.45. The lowest BCUT2D eigenvalue weighted by atomic mass is 10.1. The van der Waals surface area contributed by atoms with Gasteiger partial charge in [-0.3, -0.25) is 4.79 Å². The van der Waals surface area contributed by atoms with E-state index in [2.05, 4.69) is 0 Å². The largest absolute Gasteiger partial charge is 0.397 e. The third kappa shape index (κ3) is 1.93. The van der Waals surface area contributed by atoms with Crippen LogP contribution in [0.15, 0.2) is 36.4 Å². The predicted molar refractivity (Wildman–Crippen MR) is 77.6 cm³/mol. The Bertz CT molecular complexity index is 702. The summed E-state index contributed by atoms with van der Waals surface area (Å²) < 4.78 is 13.5. The summed E-state index contributed by atoms with van der Waals surface area (Å²) in [6.45, 7) is 0.523. The minimum atomic E-state index is -0.599. The summed E-state index contributed by atoms with van der Waals surface area (Å²) in [5.41, 5.74) is 8.37. The van der Waals surface area contributed by atoms with Crippen LogP contribution >= 0.6 is 11.6 Å². The Hall–Kier alpha value is -2.07. The Labute approximate surface area is 120 Å². The number of nitrogens with two attached hydrogens (primary N) is 1. The third-order valence-corrected chi connectivity index (χ3v) is 3.84. The van der Waals surface area contributed by atoms with Gasteiger partial charge in [0, 0.05) is 6.54 Å². The van der Waals surface area contributed by atoms with Crippen LogP contribution < -0.4 is 10.6 Å². The minimum Gasteiger partial charge on any atom is -0.397 e. The summed E-state index contributed by atoms with van der Waals surface area (Å²) in [4.78, 5) is 14.1. The van der Waals surface area contributed by atoms with E-state index < -0.39 is 5.82 Å². The summed E-state index contributed by atoms with van der Waals surface area (Å²) in [5.74, 6) is -0.927. The van der Waals surface area contributed by atoms with E-state index in [-0.39, 0.29) is 16.5 Å². The molecule has 0 aliphatic carbocycles. The predicted octanol–water partition coefficient (Wildman–Crippen LogP) is 3.26. The van der Waals surface area contributed by atoms with Crippen LogP contribution in [0, 0.1) is 5.82 Å². The van der Waals surface area contributed by atoms with E-state index in [0.717, 1.165) is 12.0 Å². The number of benzene rings is 2. The van der Waals surface area contributed by atoms with Crippen molar-refractivity contribution in [3.05, 3.63) is 58.4 Å². The van der Waals surface area contributed by atoms with E-state index in [0.29, 0.717) is 17.9 Å². The number of hydrogen-bond acceptors (Lipinski definition) is 2. The van der Waals surface area contributed by atoms with Gasteiger partial charge in [0.2, 0.25) is 0 Å². The Kier molecular flexibility index (Phi) is 3.10. The van der Waals surface area contributed by atoms with Crippen LogP contribution in [0.5, 0.6) is 0 Å². The van der Waals surface area contributed by atoms with Gasteiger partial charge in [0.15, 0.2) is 0 Å². The molecule has 0 spiro atoms. The molecule has 2 aromatic carbocycles. The molecule has 1 heterocycles. The SMILES string of the molecule is Nc1cccc2c1N(C(=O)c1cccc(F)c1Cl)CC2. The lowest BCUT2D eigenvalue weighted by Crippen LogP contribution is -2.29. The van der Waals surface area contributed by atoms with Crippen molar-refractivity contribution in [2.24, 2.45) is 0 Å². The first-order valence-electron chi connectivity index (χ1n) is 6.23.